The van der Waals surface area contributed by atoms with Crippen molar-refractivity contribution in [3.63, 3.8) is 0 Å². The minimum absolute atomic E-state index is 0.0514. The van der Waals surface area contributed by atoms with Crippen molar-refractivity contribution >= 4 is 17.8 Å². The van der Waals surface area contributed by atoms with Gasteiger partial charge >= 0.3 is 5.97 Å². The molecule has 7 nitrogen and oxygen atoms in total. The van der Waals surface area contributed by atoms with Crippen LogP contribution >= 0.6 is 0 Å². The van der Waals surface area contributed by atoms with E-state index in [2.05, 4.69) is 5.32 Å². The van der Waals surface area contributed by atoms with Gasteiger partial charge in [0.2, 0.25) is 5.91 Å². The van der Waals surface area contributed by atoms with Crippen molar-refractivity contribution in [3.05, 3.63) is 35.4 Å². The predicted molar refractivity (Wildman–Crippen MR) is 101 cm³/mol. The van der Waals surface area contributed by atoms with E-state index in [1.165, 1.54) is 5.56 Å². The van der Waals surface area contributed by atoms with Gasteiger partial charge in [-0.2, -0.15) is 0 Å². The van der Waals surface area contributed by atoms with Gasteiger partial charge in [-0.15, -0.1) is 0 Å². The highest BCUT2D eigenvalue weighted by Crippen LogP contribution is 2.25. The van der Waals surface area contributed by atoms with Gasteiger partial charge in [0.1, 0.15) is 6.54 Å². The first-order chi connectivity index (χ1) is 13.0. The molecular formula is C20H27N3O4. The number of amides is 2. The molecule has 2 aliphatic rings. The van der Waals surface area contributed by atoms with Gasteiger partial charge < -0.3 is 20.2 Å². The van der Waals surface area contributed by atoms with E-state index in [4.69, 9.17) is 5.11 Å². The van der Waals surface area contributed by atoms with Crippen molar-refractivity contribution in [2.45, 2.75) is 31.6 Å². The summed E-state index contributed by atoms with van der Waals surface area (Å²) in [5.74, 6) is -0.549. The molecular weight excluding hydrogens is 346 g/mol. The Hall–Kier alpha value is -2.41. The van der Waals surface area contributed by atoms with Gasteiger partial charge in [0.25, 0.3) is 5.91 Å². The molecule has 0 radical (unpaired) electrons. The summed E-state index contributed by atoms with van der Waals surface area (Å²) >= 11 is 0. The van der Waals surface area contributed by atoms with Crippen molar-refractivity contribution in [1.29, 1.82) is 0 Å². The maximum atomic E-state index is 12.7. The fourth-order valence-corrected chi connectivity index (χ4v) is 3.78. The van der Waals surface area contributed by atoms with E-state index in [1.807, 2.05) is 24.3 Å². The van der Waals surface area contributed by atoms with Crippen molar-refractivity contribution < 1.29 is 19.5 Å². The van der Waals surface area contributed by atoms with E-state index in [1.54, 1.807) is 9.80 Å². The molecule has 1 aromatic carbocycles. The van der Waals surface area contributed by atoms with Gasteiger partial charge in [0, 0.05) is 31.6 Å². The van der Waals surface area contributed by atoms with Crippen LogP contribution in [0, 0.1) is 0 Å². The summed E-state index contributed by atoms with van der Waals surface area (Å²) in [4.78, 5) is 38.8. The van der Waals surface area contributed by atoms with Crippen LogP contribution in [0.3, 0.4) is 0 Å². The average molecular weight is 373 g/mol. The molecule has 1 aromatic rings. The van der Waals surface area contributed by atoms with Gasteiger partial charge in [0.05, 0.1) is 0 Å². The van der Waals surface area contributed by atoms with Crippen LogP contribution in [0.2, 0.25) is 0 Å². The molecule has 2 amide bonds. The van der Waals surface area contributed by atoms with Crippen molar-refractivity contribution in [2.24, 2.45) is 0 Å². The first-order valence-corrected chi connectivity index (χ1v) is 9.64. The molecule has 2 fully saturated rings. The second kappa shape index (κ2) is 8.99. The Kier molecular flexibility index (Phi) is 6.45. The lowest BCUT2D eigenvalue weighted by Crippen LogP contribution is -2.52. The molecule has 2 saturated heterocycles. The van der Waals surface area contributed by atoms with Gasteiger partial charge in [-0.05, 0) is 56.0 Å². The van der Waals surface area contributed by atoms with E-state index in [9.17, 15) is 14.4 Å². The normalized spacial score (nSPS) is 18.6. The third kappa shape index (κ3) is 5.07. The second-order valence-electron chi connectivity index (χ2n) is 7.25. The van der Waals surface area contributed by atoms with Crippen LogP contribution in [-0.4, -0.2) is 72.0 Å². The number of carbonyl (C=O) groups excluding carboxylic acids is 2. The van der Waals surface area contributed by atoms with E-state index in [-0.39, 0.29) is 24.8 Å². The summed E-state index contributed by atoms with van der Waals surface area (Å²) in [6, 6.07) is 7.80. The lowest BCUT2D eigenvalue weighted by molar-refractivity contribution is -0.139. The van der Waals surface area contributed by atoms with Gasteiger partial charge in [0.15, 0.2) is 0 Å². The molecule has 7 heteroatoms. The molecule has 0 saturated carbocycles. The fourth-order valence-electron chi connectivity index (χ4n) is 3.78. The quantitative estimate of drug-likeness (QED) is 0.785. The largest absolute Gasteiger partial charge is 0.481 e. The number of piperazine rings is 1. The van der Waals surface area contributed by atoms with Gasteiger partial charge in [-0.1, -0.05) is 12.1 Å². The predicted octanol–water partition coefficient (Wildman–Crippen LogP) is 1.30. The number of carboxylic acid groups (broad SMARTS) is 1. The van der Waals surface area contributed by atoms with Crippen LogP contribution < -0.4 is 5.32 Å². The van der Waals surface area contributed by atoms with Crippen LogP contribution in [0.5, 0.6) is 0 Å². The highest BCUT2D eigenvalue weighted by atomic mass is 16.4. The van der Waals surface area contributed by atoms with Gasteiger partial charge in [-0.3, -0.25) is 14.4 Å². The summed E-state index contributed by atoms with van der Waals surface area (Å²) in [6.07, 6.45) is 2.72. The Bertz CT molecular complexity index is 683. The van der Waals surface area contributed by atoms with E-state index >= 15 is 0 Å². The third-order valence-electron chi connectivity index (χ3n) is 5.39. The van der Waals surface area contributed by atoms with Crippen LogP contribution in [0.4, 0.5) is 0 Å². The minimum Gasteiger partial charge on any atom is -0.481 e. The number of carboxylic acids is 1. The summed E-state index contributed by atoms with van der Waals surface area (Å²) in [6.45, 7) is 3.49. The van der Waals surface area contributed by atoms with Crippen molar-refractivity contribution in [2.75, 3.05) is 39.3 Å². The van der Waals surface area contributed by atoms with E-state index < -0.39 is 5.97 Å². The third-order valence-corrected chi connectivity index (χ3v) is 5.39. The zero-order valence-electron chi connectivity index (χ0n) is 15.5. The lowest BCUT2D eigenvalue weighted by atomic mass is 9.90. The second-order valence-corrected chi connectivity index (χ2v) is 7.25. The van der Waals surface area contributed by atoms with E-state index in [0.717, 1.165) is 25.9 Å². The molecule has 27 heavy (non-hydrogen) atoms. The topological polar surface area (TPSA) is 89.9 Å². The Labute approximate surface area is 159 Å². The Morgan fingerprint density at radius 2 is 1.81 bits per heavy atom. The Balaban J connectivity index is 1.53. The summed E-state index contributed by atoms with van der Waals surface area (Å²) in [5, 5.41) is 12.1. The molecule has 146 valence electrons. The molecule has 0 aliphatic carbocycles. The number of rotatable bonds is 6. The Morgan fingerprint density at radius 3 is 2.44 bits per heavy atom. The minimum atomic E-state index is -0.857. The zero-order valence-corrected chi connectivity index (χ0v) is 15.5. The smallest absolute Gasteiger partial charge is 0.303 e. The summed E-state index contributed by atoms with van der Waals surface area (Å²) in [5.41, 5.74) is 1.88. The molecule has 0 bridgehead atoms. The molecule has 0 spiro atoms. The summed E-state index contributed by atoms with van der Waals surface area (Å²) in [7, 11) is 0. The number of aliphatic carboxylic acids is 1. The van der Waals surface area contributed by atoms with Crippen LogP contribution in [0.15, 0.2) is 24.3 Å². The molecule has 0 unspecified atom stereocenters. The monoisotopic (exact) mass is 373 g/mol. The average Bonchev–Trinajstić information content (AvgIpc) is 2.69. The first-order valence-electron chi connectivity index (χ1n) is 9.64. The standard InChI is InChI=1S/C20H27N3O4/c24-18-14-23(13-12-22(18)11-1-2-19(25)26)20(27)17-5-3-15(4-6-17)16-7-9-21-10-8-16/h3-6,16,21H,1-2,7-14H2,(H,25,26). The number of benzene rings is 1. The molecule has 2 aliphatic heterocycles. The zero-order chi connectivity index (χ0) is 19.2. The maximum absolute atomic E-state index is 12.7. The Morgan fingerprint density at radius 1 is 1.11 bits per heavy atom. The number of nitrogens with zero attached hydrogens (tertiary/aromatic N) is 2. The fraction of sp³-hybridized carbons (Fsp3) is 0.550. The highest BCUT2D eigenvalue weighted by Gasteiger charge is 2.27. The number of nitrogens with one attached hydrogen (secondary N) is 1. The summed E-state index contributed by atoms with van der Waals surface area (Å²) < 4.78 is 0. The first kappa shape index (κ1) is 19.4. The number of carbonyl (C=O) groups is 3. The lowest BCUT2D eigenvalue weighted by Gasteiger charge is -2.34. The molecule has 2 N–H and O–H groups in total. The van der Waals surface area contributed by atoms with Crippen LogP contribution in [0.25, 0.3) is 0 Å². The SMILES string of the molecule is O=C(O)CCCN1CCN(C(=O)c2ccc(C3CCNCC3)cc2)CC1=O. The van der Waals surface area contributed by atoms with Crippen molar-refractivity contribution in [3.8, 4) is 0 Å². The molecule has 0 aromatic heterocycles. The molecule has 3 rings (SSSR count). The van der Waals surface area contributed by atoms with Crippen LogP contribution in [-0.2, 0) is 9.59 Å². The van der Waals surface area contributed by atoms with E-state index in [0.29, 0.717) is 37.5 Å². The highest BCUT2D eigenvalue weighted by molar-refractivity contribution is 5.97. The number of hydrogen-bond acceptors (Lipinski definition) is 4. The molecule has 2 heterocycles. The number of hydrogen-bond donors (Lipinski definition) is 2. The van der Waals surface area contributed by atoms with Crippen LogP contribution in [0.1, 0.15) is 47.5 Å². The maximum Gasteiger partial charge on any atom is 0.303 e. The van der Waals surface area contributed by atoms with Gasteiger partial charge in [-0.25, -0.2) is 0 Å². The van der Waals surface area contributed by atoms with Crippen molar-refractivity contribution in [1.82, 2.24) is 15.1 Å². The number of piperidine rings is 1. The molecule has 0 atom stereocenters.